The Balaban J connectivity index is 1.51. The molecule has 0 radical (unpaired) electrons. The summed E-state index contributed by atoms with van der Waals surface area (Å²) in [4.78, 5) is 27.5. The van der Waals surface area contributed by atoms with Gasteiger partial charge in [-0.05, 0) is 52.0 Å². The zero-order valence-electron chi connectivity index (χ0n) is 16.5. The molecule has 1 aromatic heterocycles. The lowest BCUT2D eigenvalue weighted by molar-refractivity contribution is 0.0168. The number of fused-ring (bicyclic) bond motifs is 1. The van der Waals surface area contributed by atoms with Crippen LogP contribution in [0.1, 0.15) is 56.2 Å². The number of ether oxygens (including phenoxy) is 1. The summed E-state index contributed by atoms with van der Waals surface area (Å²) >= 11 is 0. The van der Waals surface area contributed by atoms with Gasteiger partial charge in [-0.15, -0.1) is 0 Å². The van der Waals surface area contributed by atoms with Gasteiger partial charge in [-0.1, -0.05) is 0 Å². The first-order valence-corrected chi connectivity index (χ1v) is 9.71. The van der Waals surface area contributed by atoms with Crippen molar-refractivity contribution < 1.29 is 19.4 Å². The minimum absolute atomic E-state index is 0.123. The van der Waals surface area contributed by atoms with Gasteiger partial charge < -0.3 is 14.7 Å². The van der Waals surface area contributed by atoms with E-state index in [2.05, 4.69) is 10.00 Å². The highest BCUT2D eigenvalue weighted by Gasteiger charge is 2.28. The first-order chi connectivity index (χ1) is 12.7. The fourth-order valence-electron chi connectivity index (χ4n) is 3.78. The van der Waals surface area contributed by atoms with Crippen molar-refractivity contribution in [2.45, 2.75) is 58.7 Å². The average molecular weight is 378 g/mol. The van der Waals surface area contributed by atoms with Gasteiger partial charge in [0.05, 0.1) is 5.69 Å². The number of carboxylic acid groups (broad SMARTS) is 1. The Morgan fingerprint density at radius 1 is 1.22 bits per heavy atom. The third kappa shape index (κ3) is 5.22. The molecule has 1 N–H and O–H groups in total. The molecule has 27 heavy (non-hydrogen) atoms. The number of nitrogens with zero attached hydrogens (tertiary/aromatic N) is 4. The van der Waals surface area contributed by atoms with Crippen molar-refractivity contribution in [1.82, 2.24) is 19.6 Å². The molecular formula is C19H30N4O4. The van der Waals surface area contributed by atoms with Crippen molar-refractivity contribution in [2.24, 2.45) is 5.92 Å². The maximum atomic E-state index is 12.2. The van der Waals surface area contributed by atoms with E-state index in [1.54, 1.807) is 11.0 Å². The molecule has 0 spiro atoms. The normalized spacial score (nSPS) is 19.4. The molecule has 2 aliphatic rings. The van der Waals surface area contributed by atoms with Gasteiger partial charge in [0.15, 0.2) is 5.69 Å². The van der Waals surface area contributed by atoms with Crippen LogP contribution < -0.4 is 0 Å². The molecule has 1 amide bonds. The van der Waals surface area contributed by atoms with Gasteiger partial charge in [-0.2, -0.15) is 5.10 Å². The zero-order valence-corrected chi connectivity index (χ0v) is 16.5. The Bertz CT molecular complexity index is 686. The van der Waals surface area contributed by atoms with E-state index in [4.69, 9.17) is 9.84 Å². The summed E-state index contributed by atoms with van der Waals surface area (Å²) in [7, 11) is 0. The second-order valence-electron chi connectivity index (χ2n) is 8.55. The van der Waals surface area contributed by atoms with E-state index >= 15 is 0 Å². The van der Waals surface area contributed by atoms with Crippen LogP contribution in [0.4, 0.5) is 4.79 Å². The van der Waals surface area contributed by atoms with Crippen LogP contribution in [0.3, 0.4) is 0 Å². The quantitative estimate of drug-likeness (QED) is 0.869. The van der Waals surface area contributed by atoms with E-state index in [0.717, 1.165) is 64.2 Å². The molecule has 8 nitrogen and oxygen atoms in total. The zero-order chi connectivity index (χ0) is 19.6. The number of carboxylic acids is 1. The molecule has 0 saturated carbocycles. The molecule has 8 heteroatoms. The number of aromatic carboxylic acids is 1. The number of likely N-dealkylation sites (tertiary alicyclic amines) is 1. The topological polar surface area (TPSA) is 87.9 Å². The number of piperidine rings is 1. The van der Waals surface area contributed by atoms with Gasteiger partial charge in [0.25, 0.3) is 0 Å². The van der Waals surface area contributed by atoms with Crippen molar-refractivity contribution in [3.8, 4) is 0 Å². The minimum atomic E-state index is -0.975. The highest BCUT2D eigenvalue weighted by Crippen LogP contribution is 2.23. The van der Waals surface area contributed by atoms with Crippen LogP contribution in [0.15, 0.2) is 6.07 Å². The fraction of sp³-hybridized carbons (Fsp3) is 0.737. The number of aryl methyl sites for hydroxylation is 1. The summed E-state index contributed by atoms with van der Waals surface area (Å²) < 4.78 is 7.29. The predicted octanol–water partition coefficient (Wildman–Crippen LogP) is 2.43. The Morgan fingerprint density at radius 2 is 1.93 bits per heavy atom. The van der Waals surface area contributed by atoms with Gasteiger partial charge in [0.2, 0.25) is 0 Å². The maximum Gasteiger partial charge on any atom is 0.410 e. The number of aromatic nitrogens is 2. The molecule has 150 valence electrons. The van der Waals surface area contributed by atoms with Crippen molar-refractivity contribution in [1.29, 1.82) is 0 Å². The highest BCUT2D eigenvalue weighted by molar-refractivity contribution is 5.85. The summed E-state index contributed by atoms with van der Waals surface area (Å²) in [6.45, 7) is 10.6. The number of rotatable bonds is 3. The lowest BCUT2D eigenvalue weighted by Crippen LogP contribution is -2.43. The summed E-state index contributed by atoms with van der Waals surface area (Å²) in [6.07, 6.45) is 2.68. The van der Waals surface area contributed by atoms with Crippen LogP contribution in [-0.4, -0.2) is 68.5 Å². The summed E-state index contributed by atoms with van der Waals surface area (Å²) in [5, 5.41) is 13.3. The summed E-state index contributed by atoms with van der Waals surface area (Å²) in [5.74, 6) is -0.436. The number of hydrogen-bond donors (Lipinski definition) is 1. The third-order valence-electron chi connectivity index (χ3n) is 5.09. The molecule has 1 aromatic rings. The van der Waals surface area contributed by atoms with Crippen LogP contribution in [-0.2, 0) is 17.8 Å². The van der Waals surface area contributed by atoms with E-state index in [9.17, 15) is 9.59 Å². The predicted molar refractivity (Wildman–Crippen MR) is 99.6 cm³/mol. The number of carbonyl (C=O) groups is 2. The molecular weight excluding hydrogens is 348 g/mol. The lowest BCUT2D eigenvalue weighted by atomic mass is 9.96. The van der Waals surface area contributed by atoms with E-state index in [-0.39, 0.29) is 11.8 Å². The average Bonchev–Trinajstić information content (AvgIpc) is 2.88. The number of carbonyl (C=O) groups excluding carboxylic acids is 1. The van der Waals surface area contributed by atoms with Crippen molar-refractivity contribution in [2.75, 3.05) is 26.2 Å². The second-order valence-corrected chi connectivity index (χ2v) is 8.55. The molecule has 0 bridgehead atoms. The minimum Gasteiger partial charge on any atom is -0.476 e. The van der Waals surface area contributed by atoms with Crippen LogP contribution in [0.25, 0.3) is 0 Å². The Hall–Kier alpha value is -2.09. The first kappa shape index (κ1) is 19.7. The van der Waals surface area contributed by atoms with Gasteiger partial charge in [0.1, 0.15) is 5.60 Å². The summed E-state index contributed by atoms with van der Waals surface area (Å²) in [5.41, 5.74) is 0.631. The molecule has 0 aromatic carbocycles. The van der Waals surface area contributed by atoms with E-state index < -0.39 is 11.6 Å². The standard InChI is InChI=1S/C19H30N4O4/c1-19(2,3)27-18(26)22-9-5-14(6-10-22)12-21-7-4-8-23-15(13-21)11-16(20-23)17(24)25/h11,14H,4-10,12-13H2,1-3H3,(H,24,25). The monoisotopic (exact) mass is 378 g/mol. The third-order valence-corrected chi connectivity index (χ3v) is 5.09. The van der Waals surface area contributed by atoms with Crippen molar-refractivity contribution in [3.63, 3.8) is 0 Å². The van der Waals surface area contributed by atoms with Gasteiger partial charge in [-0.3, -0.25) is 9.58 Å². The largest absolute Gasteiger partial charge is 0.476 e. The molecule has 1 fully saturated rings. The first-order valence-electron chi connectivity index (χ1n) is 9.71. The van der Waals surface area contributed by atoms with Crippen molar-refractivity contribution in [3.05, 3.63) is 17.5 Å². The van der Waals surface area contributed by atoms with Gasteiger partial charge in [-0.25, -0.2) is 9.59 Å². The molecule has 3 heterocycles. The van der Waals surface area contributed by atoms with E-state index in [0.29, 0.717) is 5.92 Å². The van der Waals surface area contributed by atoms with Gasteiger partial charge >= 0.3 is 12.1 Å². The maximum absolute atomic E-state index is 12.2. The van der Waals surface area contributed by atoms with Crippen LogP contribution >= 0.6 is 0 Å². The smallest absolute Gasteiger partial charge is 0.410 e. The SMILES string of the molecule is CC(C)(C)OC(=O)N1CCC(CN2CCCn3nc(C(=O)O)cc3C2)CC1. The van der Waals surface area contributed by atoms with Crippen LogP contribution in [0, 0.1) is 5.92 Å². The van der Waals surface area contributed by atoms with Crippen LogP contribution in [0.2, 0.25) is 0 Å². The molecule has 2 aliphatic heterocycles. The number of amides is 1. The van der Waals surface area contributed by atoms with E-state index in [1.807, 2.05) is 25.5 Å². The number of hydrogen-bond acceptors (Lipinski definition) is 5. The molecule has 0 unspecified atom stereocenters. The molecule has 0 atom stereocenters. The van der Waals surface area contributed by atoms with Crippen molar-refractivity contribution >= 4 is 12.1 Å². The molecule has 0 aliphatic carbocycles. The Labute approximate surface area is 160 Å². The molecule has 3 rings (SSSR count). The lowest BCUT2D eigenvalue weighted by Gasteiger charge is -2.35. The highest BCUT2D eigenvalue weighted by atomic mass is 16.6. The van der Waals surface area contributed by atoms with E-state index in [1.165, 1.54) is 0 Å². The van der Waals surface area contributed by atoms with Crippen LogP contribution in [0.5, 0.6) is 0 Å². The molecule has 1 saturated heterocycles. The Kier molecular flexibility index (Phi) is 5.74. The van der Waals surface area contributed by atoms with Gasteiger partial charge in [0, 0.05) is 39.3 Å². The second kappa shape index (κ2) is 7.88. The Morgan fingerprint density at radius 3 is 2.56 bits per heavy atom. The fourth-order valence-corrected chi connectivity index (χ4v) is 3.78. The summed E-state index contributed by atoms with van der Waals surface area (Å²) in [6, 6.07) is 1.69.